The minimum absolute atomic E-state index is 0.106. The summed E-state index contributed by atoms with van der Waals surface area (Å²) in [6.07, 6.45) is 1.28. The fourth-order valence-electron chi connectivity index (χ4n) is 2.06. The van der Waals surface area contributed by atoms with Crippen molar-refractivity contribution in [3.8, 4) is 11.5 Å². The quantitative estimate of drug-likeness (QED) is 0.704. The highest BCUT2D eigenvalue weighted by atomic mass is 16.5. The van der Waals surface area contributed by atoms with Crippen molar-refractivity contribution >= 4 is 0 Å². The number of aliphatic hydroxyl groups excluding tert-OH is 1. The SMILES string of the molecule is COc1cc(CC2NCCC2O)ccc1O. The summed E-state index contributed by atoms with van der Waals surface area (Å²) in [5, 5.41) is 22.4. The Morgan fingerprint density at radius 1 is 1.50 bits per heavy atom. The summed E-state index contributed by atoms with van der Waals surface area (Å²) in [7, 11) is 1.53. The van der Waals surface area contributed by atoms with E-state index in [0.717, 1.165) is 24.9 Å². The van der Waals surface area contributed by atoms with Gasteiger partial charge in [0.05, 0.1) is 13.2 Å². The summed E-state index contributed by atoms with van der Waals surface area (Å²) >= 11 is 0. The van der Waals surface area contributed by atoms with Crippen LogP contribution in [-0.2, 0) is 6.42 Å². The minimum Gasteiger partial charge on any atom is -0.504 e. The molecular formula is C12H17NO3. The molecule has 0 bridgehead atoms. The first-order chi connectivity index (χ1) is 7.70. The first-order valence-corrected chi connectivity index (χ1v) is 5.48. The summed E-state index contributed by atoms with van der Waals surface area (Å²) < 4.78 is 5.04. The average molecular weight is 223 g/mol. The molecule has 88 valence electrons. The molecule has 2 atom stereocenters. The number of aliphatic hydroxyl groups is 1. The number of methoxy groups -OCH3 is 1. The van der Waals surface area contributed by atoms with Crippen LogP contribution in [0.4, 0.5) is 0 Å². The normalized spacial score (nSPS) is 24.6. The van der Waals surface area contributed by atoms with Gasteiger partial charge in [0.2, 0.25) is 0 Å². The zero-order valence-electron chi connectivity index (χ0n) is 9.31. The van der Waals surface area contributed by atoms with E-state index in [2.05, 4.69) is 5.32 Å². The molecule has 1 aliphatic heterocycles. The first kappa shape index (κ1) is 11.2. The highest BCUT2D eigenvalue weighted by molar-refractivity contribution is 5.42. The van der Waals surface area contributed by atoms with E-state index in [9.17, 15) is 10.2 Å². The van der Waals surface area contributed by atoms with Crippen LogP contribution in [0.25, 0.3) is 0 Å². The predicted molar refractivity (Wildman–Crippen MR) is 60.8 cm³/mol. The Morgan fingerprint density at radius 3 is 2.94 bits per heavy atom. The lowest BCUT2D eigenvalue weighted by molar-refractivity contribution is 0.159. The van der Waals surface area contributed by atoms with Crippen molar-refractivity contribution in [3.05, 3.63) is 23.8 Å². The van der Waals surface area contributed by atoms with Crippen LogP contribution in [0.3, 0.4) is 0 Å². The molecule has 1 aromatic carbocycles. The Bertz CT molecular complexity index is 367. The second-order valence-corrected chi connectivity index (χ2v) is 4.13. The van der Waals surface area contributed by atoms with Crippen LogP contribution in [0.2, 0.25) is 0 Å². The van der Waals surface area contributed by atoms with Crippen LogP contribution < -0.4 is 10.1 Å². The molecule has 0 saturated carbocycles. The van der Waals surface area contributed by atoms with E-state index in [0.29, 0.717) is 5.75 Å². The molecule has 0 radical (unpaired) electrons. The molecule has 4 nitrogen and oxygen atoms in total. The first-order valence-electron chi connectivity index (χ1n) is 5.48. The fraction of sp³-hybridized carbons (Fsp3) is 0.500. The molecule has 0 aliphatic carbocycles. The van der Waals surface area contributed by atoms with Crippen molar-refractivity contribution in [1.29, 1.82) is 0 Å². The predicted octanol–water partition coefficient (Wildman–Crippen LogP) is 0.666. The van der Waals surface area contributed by atoms with Gasteiger partial charge in [0, 0.05) is 6.04 Å². The van der Waals surface area contributed by atoms with Crippen molar-refractivity contribution in [1.82, 2.24) is 5.32 Å². The van der Waals surface area contributed by atoms with Crippen LogP contribution in [-0.4, -0.2) is 36.0 Å². The van der Waals surface area contributed by atoms with Gasteiger partial charge in [0.15, 0.2) is 11.5 Å². The van der Waals surface area contributed by atoms with Crippen molar-refractivity contribution in [2.24, 2.45) is 0 Å². The van der Waals surface area contributed by atoms with Gasteiger partial charge in [-0.3, -0.25) is 0 Å². The topological polar surface area (TPSA) is 61.7 Å². The molecule has 1 aromatic rings. The third-order valence-electron chi connectivity index (χ3n) is 3.01. The maximum atomic E-state index is 9.69. The smallest absolute Gasteiger partial charge is 0.160 e. The average Bonchev–Trinajstić information content (AvgIpc) is 2.67. The van der Waals surface area contributed by atoms with Gasteiger partial charge in [-0.05, 0) is 37.1 Å². The lowest BCUT2D eigenvalue weighted by Crippen LogP contribution is -2.32. The second-order valence-electron chi connectivity index (χ2n) is 4.13. The van der Waals surface area contributed by atoms with E-state index in [1.807, 2.05) is 12.1 Å². The molecule has 16 heavy (non-hydrogen) atoms. The summed E-state index contributed by atoms with van der Waals surface area (Å²) in [5.74, 6) is 0.621. The Hall–Kier alpha value is -1.26. The molecule has 1 heterocycles. The number of rotatable bonds is 3. The van der Waals surface area contributed by atoms with Gasteiger partial charge < -0.3 is 20.3 Å². The van der Waals surface area contributed by atoms with Gasteiger partial charge in [0.25, 0.3) is 0 Å². The molecule has 2 rings (SSSR count). The Morgan fingerprint density at radius 2 is 2.31 bits per heavy atom. The Labute approximate surface area is 94.9 Å². The molecule has 1 fully saturated rings. The largest absolute Gasteiger partial charge is 0.504 e. The van der Waals surface area contributed by atoms with Crippen molar-refractivity contribution in [2.45, 2.75) is 25.0 Å². The molecule has 3 N–H and O–H groups in total. The number of phenolic OH excluding ortho intramolecular Hbond substituents is 1. The van der Waals surface area contributed by atoms with E-state index in [4.69, 9.17) is 4.74 Å². The van der Waals surface area contributed by atoms with Crippen LogP contribution in [0.5, 0.6) is 11.5 Å². The van der Waals surface area contributed by atoms with Crippen LogP contribution in [0.1, 0.15) is 12.0 Å². The number of benzene rings is 1. The van der Waals surface area contributed by atoms with E-state index in [1.165, 1.54) is 7.11 Å². The highest BCUT2D eigenvalue weighted by Crippen LogP contribution is 2.27. The highest BCUT2D eigenvalue weighted by Gasteiger charge is 2.24. The number of ether oxygens (including phenoxy) is 1. The molecule has 1 saturated heterocycles. The van der Waals surface area contributed by atoms with E-state index in [1.54, 1.807) is 6.07 Å². The van der Waals surface area contributed by atoms with Gasteiger partial charge in [-0.25, -0.2) is 0 Å². The molecule has 0 spiro atoms. The van der Waals surface area contributed by atoms with Gasteiger partial charge in [-0.1, -0.05) is 6.07 Å². The summed E-state index contributed by atoms with van der Waals surface area (Å²) in [4.78, 5) is 0. The summed E-state index contributed by atoms with van der Waals surface area (Å²) in [5.41, 5.74) is 1.05. The van der Waals surface area contributed by atoms with E-state index in [-0.39, 0.29) is 17.9 Å². The maximum absolute atomic E-state index is 9.69. The number of aromatic hydroxyl groups is 1. The zero-order valence-corrected chi connectivity index (χ0v) is 9.31. The molecule has 1 aliphatic rings. The molecular weight excluding hydrogens is 206 g/mol. The standard InChI is InChI=1S/C12H17NO3/c1-16-12-7-8(2-3-11(12)15)6-9-10(14)4-5-13-9/h2-3,7,9-10,13-15H,4-6H2,1H3. The lowest BCUT2D eigenvalue weighted by Gasteiger charge is -2.15. The second kappa shape index (κ2) is 4.72. The Balaban J connectivity index is 2.09. The molecule has 2 unspecified atom stereocenters. The van der Waals surface area contributed by atoms with Gasteiger partial charge >= 0.3 is 0 Å². The maximum Gasteiger partial charge on any atom is 0.160 e. The van der Waals surface area contributed by atoms with Gasteiger partial charge in [-0.2, -0.15) is 0 Å². The lowest BCUT2D eigenvalue weighted by atomic mass is 10.0. The Kier molecular flexibility index (Phi) is 3.31. The van der Waals surface area contributed by atoms with E-state index >= 15 is 0 Å². The summed E-state index contributed by atoms with van der Waals surface area (Å²) in [6, 6.07) is 5.39. The number of nitrogens with one attached hydrogen (secondary N) is 1. The zero-order chi connectivity index (χ0) is 11.5. The van der Waals surface area contributed by atoms with Crippen molar-refractivity contribution in [2.75, 3.05) is 13.7 Å². The number of hydrogen-bond donors (Lipinski definition) is 3. The van der Waals surface area contributed by atoms with Gasteiger partial charge in [0.1, 0.15) is 0 Å². The van der Waals surface area contributed by atoms with Crippen LogP contribution >= 0.6 is 0 Å². The van der Waals surface area contributed by atoms with Crippen molar-refractivity contribution in [3.63, 3.8) is 0 Å². The minimum atomic E-state index is -0.278. The molecule has 0 amide bonds. The molecule has 4 heteroatoms. The monoisotopic (exact) mass is 223 g/mol. The van der Waals surface area contributed by atoms with Gasteiger partial charge in [-0.15, -0.1) is 0 Å². The van der Waals surface area contributed by atoms with Crippen molar-refractivity contribution < 1.29 is 14.9 Å². The molecule has 0 aromatic heterocycles. The summed E-state index contributed by atoms with van der Waals surface area (Å²) in [6.45, 7) is 0.862. The third-order valence-corrected chi connectivity index (χ3v) is 3.01. The number of phenols is 1. The van der Waals surface area contributed by atoms with Crippen LogP contribution in [0.15, 0.2) is 18.2 Å². The fourth-order valence-corrected chi connectivity index (χ4v) is 2.06. The third kappa shape index (κ3) is 2.28. The van der Waals surface area contributed by atoms with Crippen LogP contribution in [0, 0.1) is 0 Å². The number of hydrogen-bond acceptors (Lipinski definition) is 4. The van der Waals surface area contributed by atoms with E-state index < -0.39 is 0 Å².